The summed E-state index contributed by atoms with van der Waals surface area (Å²) < 4.78 is 68.7. The Labute approximate surface area is 232 Å². The highest BCUT2D eigenvalue weighted by Gasteiger charge is 2.57. The average molecular weight is 563 g/mol. The van der Waals surface area contributed by atoms with Crippen molar-refractivity contribution in [3.05, 3.63) is 47.0 Å². The summed E-state index contributed by atoms with van der Waals surface area (Å²) in [5.74, 6) is -1.59. The Balaban J connectivity index is 0.000000384. The number of hydrogen-bond acceptors (Lipinski definition) is 4. The van der Waals surface area contributed by atoms with Gasteiger partial charge < -0.3 is 17.2 Å². The van der Waals surface area contributed by atoms with E-state index in [4.69, 9.17) is 17.2 Å². The molecule has 3 rings (SSSR count). The van der Waals surface area contributed by atoms with E-state index in [1.165, 1.54) is 44.4 Å². The van der Waals surface area contributed by atoms with Crippen molar-refractivity contribution in [2.45, 2.75) is 111 Å². The highest BCUT2D eigenvalue weighted by Crippen LogP contribution is 2.49. The maximum Gasteiger partial charge on any atom is 0.416 e. The second-order valence-corrected chi connectivity index (χ2v) is 11.4. The van der Waals surface area contributed by atoms with E-state index >= 15 is 8.78 Å². The van der Waals surface area contributed by atoms with Crippen LogP contribution in [0.4, 0.5) is 22.0 Å². The molecule has 1 aliphatic heterocycles. The van der Waals surface area contributed by atoms with Crippen molar-refractivity contribution in [3.63, 3.8) is 0 Å². The molecule has 3 aliphatic rings. The van der Waals surface area contributed by atoms with Gasteiger partial charge in [0.25, 0.3) is 5.92 Å². The van der Waals surface area contributed by atoms with E-state index in [0.717, 1.165) is 51.3 Å². The number of nitrogens with two attached hydrogens (primary N) is 3. The molecule has 39 heavy (non-hydrogen) atoms. The normalized spacial score (nSPS) is 24.0. The molecule has 9 heteroatoms. The first-order valence-electron chi connectivity index (χ1n) is 13.9. The van der Waals surface area contributed by atoms with Gasteiger partial charge in [-0.3, -0.25) is 4.90 Å². The number of likely N-dealkylation sites (tertiary alicyclic amines) is 1. The number of halogens is 5. The van der Waals surface area contributed by atoms with E-state index in [1.54, 1.807) is 20.8 Å². The van der Waals surface area contributed by atoms with Crippen molar-refractivity contribution >= 4 is 0 Å². The molecule has 6 N–H and O–H groups in total. The summed E-state index contributed by atoms with van der Waals surface area (Å²) in [6, 6.07) is 0. The first kappa shape index (κ1) is 35.0. The fraction of sp³-hybridized carbons (Fsp3) is 0.733. The van der Waals surface area contributed by atoms with Crippen molar-refractivity contribution < 1.29 is 22.0 Å². The number of rotatable bonds is 7. The molecular formula is C30H51F5N4. The molecule has 1 saturated heterocycles. The molecule has 2 saturated carbocycles. The van der Waals surface area contributed by atoms with Crippen LogP contribution >= 0.6 is 0 Å². The van der Waals surface area contributed by atoms with E-state index < -0.39 is 29.1 Å². The van der Waals surface area contributed by atoms with Gasteiger partial charge in [-0.1, -0.05) is 52.2 Å². The molecule has 4 nitrogen and oxygen atoms in total. The Bertz CT molecular complexity index is 880. The number of hydrogen-bond donors (Lipinski definition) is 3. The number of allylic oxidation sites excluding steroid dienone is 5. The van der Waals surface area contributed by atoms with E-state index in [0.29, 0.717) is 11.8 Å². The zero-order valence-electron chi connectivity index (χ0n) is 23.4. The molecular weight excluding hydrogens is 511 g/mol. The SMILES string of the molecule is C.C/C=C(C(/N)=C/C=C(N)N)\C(=C/CC)C(F)(F)F.CC(C)(N1CC2CCCC2C1)C(F)(F)C1CCCCC1. The molecule has 226 valence electrons. The van der Waals surface area contributed by atoms with Crippen LogP contribution in [0.1, 0.15) is 92.9 Å². The number of alkyl halides is 5. The fourth-order valence-electron chi connectivity index (χ4n) is 6.20. The highest BCUT2D eigenvalue weighted by atomic mass is 19.4. The first-order chi connectivity index (χ1) is 17.7. The number of fused-ring (bicyclic) bond motifs is 1. The lowest BCUT2D eigenvalue weighted by atomic mass is 9.76. The molecule has 0 aromatic rings. The van der Waals surface area contributed by atoms with Crippen LogP contribution in [0.2, 0.25) is 0 Å². The zero-order chi connectivity index (χ0) is 28.7. The number of nitrogens with zero attached hydrogens (tertiary/aromatic N) is 1. The molecule has 3 fully saturated rings. The van der Waals surface area contributed by atoms with Crippen molar-refractivity contribution in [1.29, 1.82) is 0 Å². The maximum atomic E-state index is 15.1. The lowest BCUT2D eigenvalue weighted by Gasteiger charge is -2.46. The van der Waals surface area contributed by atoms with Crippen LogP contribution in [-0.4, -0.2) is 35.6 Å². The zero-order valence-corrected chi connectivity index (χ0v) is 23.4. The Morgan fingerprint density at radius 1 is 0.846 bits per heavy atom. The largest absolute Gasteiger partial charge is 0.416 e. The standard InChI is InChI=1S/C17H29F2N.C12H18F3N3.CH4/c1-16(2,17(18,19)15-9-4-3-5-10-15)20-11-13-7-6-8-14(13)12-20;1-3-5-9(12(13,14)15)8(4-2)10(16)6-7-11(17)18;/h13-15H,3-12H2,1-2H3;4-7H,3,16-18H2,1-2H3;1H4/b;8-4+,9-5+,10-6-;. The minimum atomic E-state index is -4.45. The Hall–Kier alpha value is -2.03. The summed E-state index contributed by atoms with van der Waals surface area (Å²) in [6.45, 7) is 8.50. The van der Waals surface area contributed by atoms with Gasteiger partial charge in [0.15, 0.2) is 0 Å². The molecule has 0 aromatic carbocycles. The van der Waals surface area contributed by atoms with Gasteiger partial charge in [0.2, 0.25) is 0 Å². The summed E-state index contributed by atoms with van der Waals surface area (Å²) in [5, 5.41) is 0. The van der Waals surface area contributed by atoms with Crippen LogP contribution < -0.4 is 17.2 Å². The van der Waals surface area contributed by atoms with Crippen LogP contribution in [0.15, 0.2) is 47.0 Å². The van der Waals surface area contributed by atoms with Crippen LogP contribution in [0.5, 0.6) is 0 Å². The molecule has 0 spiro atoms. The van der Waals surface area contributed by atoms with Crippen molar-refractivity contribution in [3.8, 4) is 0 Å². The van der Waals surface area contributed by atoms with Gasteiger partial charge in [-0.25, -0.2) is 8.78 Å². The van der Waals surface area contributed by atoms with Gasteiger partial charge in [-0.2, -0.15) is 13.2 Å². The van der Waals surface area contributed by atoms with E-state index in [9.17, 15) is 13.2 Å². The lowest BCUT2D eigenvalue weighted by Crippen LogP contribution is -2.59. The van der Waals surface area contributed by atoms with Crippen LogP contribution in [0, 0.1) is 17.8 Å². The fourth-order valence-corrected chi connectivity index (χ4v) is 6.20. The molecule has 2 aliphatic carbocycles. The minimum Gasteiger partial charge on any atom is -0.398 e. The molecule has 0 bridgehead atoms. The van der Waals surface area contributed by atoms with Gasteiger partial charge >= 0.3 is 6.18 Å². The first-order valence-corrected chi connectivity index (χ1v) is 13.9. The van der Waals surface area contributed by atoms with Gasteiger partial charge in [0, 0.05) is 30.3 Å². The van der Waals surface area contributed by atoms with Gasteiger partial charge in [-0.15, -0.1) is 0 Å². The second-order valence-electron chi connectivity index (χ2n) is 11.4. The lowest BCUT2D eigenvalue weighted by molar-refractivity contribution is -0.170. The summed E-state index contributed by atoms with van der Waals surface area (Å²) in [6.07, 6.45) is 9.08. The molecule has 2 atom stereocenters. The summed E-state index contributed by atoms with van der Waals surface area (Å²) in [7, 11) is 0. The second kappa shape index (κ2) is 14.6. The quantitative estimate of drug-likeness (QED) is 0.219. The van der Waals surface area contributed by atoms with Crippen molar-refractivity contribution in [2.24, 2.45) is 35.0 Å². The Kier molecular flexibility index (Phi) is 13.1. The summed E-state index contributed by atoms with van der Waals surface area (Å²) in [4.78, 5) is 2.12. The highest BCUT2D eigenvalue weighted by molar-refractivity contribution is 5.48. The third kappa shape index (κ3) is 8.73. The van der Waals surface area contributed by atoms with Crippen molar-refractivity contribution in [2.75, 3.05) is 13.1 Å². The van der Waals surface area contributed by atoms with Crippen LogP contribution in [-0.2, 0) is 0 Å². The van der Waals surface area contributed by atoms with Crippen molar-refractivity contribution in [1.82, 2.24) is 4.90 Å². The predicted molar refractivity (Wildman–Crippen MR) is 152 cm³/mol. The maximum absolute atomic E-state index is 15.1. The Morgan fingerprint density at radius 2 is 1.38 bits per heavy atom. The smallest absolute Gasteiger partial charge is 0.398 e. The van der Waals surface area contributed by atoms with E-state index in [2.05, 4.69) is 4.90 Å². The third-order valence-corrected chi connectivity index (χ3v) is 8.51. The Morgan fingerprint density at radius 3 is 1.82 bits per heavy atom. The summed E-state index contributed by atoms with van der Waals surface area (Å²) >= 11 is 0. The topological polar surface area (TPSA) is 81.3 Å². The molecule has 0 amide bonds. The van der Waals surface area contributed by atoms with Crippen LogP contribution in [0.25, 0.3) is 0 Å². The third-order valence-electron chi connectivity index (χ3n) is 8.51. The molecule has 0 radical (unpaired) electrons. The van der Waals surface area contributed by atoms with Gasteiger partial charge in [0.05, 0.1) is 16.9 Å². The minimum absolute atomic E-state index is 0. The molecule has 1 heterocycles. The van der Waals surface area contributed by atoms with E-state index in [-0.39, 0.29) is 30.9 Å². The van der Waals surface area contributed by atoms with Gasteiger partial charge in [0.1, 0.15) is 0 Å². The molecule has 2 unspecified atom stereocenters. The van der Waals surface area contributed by atoms with Gasteiger partial charge in [-0.05, 0) is 76.9 Å². The van der Waals surface area contributed by atoms with Crippen LogP contribution in [0.3, 0.4) is 0 Å². The predicted octanol–water partition coefficient (Wildman–Crippen LogP) is 7.78. The summed E-state index contributed by atoms with van der Waals surface area (Å²) in [5.41, 5.74) is 14.1. The average Bonchev–Trinajstić information content (AvgIpc) is 3.46. The van der Waals surface area contributed by atoms with E-state index in [1.807, 2.05) is 0 Å². The monoisotopic (exact) mass is 562 g/mol. The molecule has 0 aromatic heterocycles.